The smallest absolute Gasteiger partial charge is 0.143 e. The molecule has 0 aromatic heterocycles. The Morgan fingerprint density at radius 3 is 2.16 bits per heavy atom. The van der Waals surface area contributed by atoms with Gasteiger partial charge < -0.3 is 9.47 Å². The Hall–Kier alpha value is -2.24. The van der Waals surface area contributed by atoms with Crippen LogP contribution < -0.4 is 4.74 Å². The summed E-state index contributed by atoms with van der Waals surface area (Å²) in [5.74, 6) is 7.07. The first kappa shape index (κ1) is 13.2. The number of hydrogen-bond acceptors (Lipinski definition) is 2. The van der Waals surface area contributed by atoms with Crippen molar-refractivity contribution in [3.63, 3.8) is 0 Å². The van der Waals surface area contributed by atoms with Crippen LogP contribution >= 0.6 is 0 Å². The molecule has 0 amide bonds. The SMILES string of the molecule is COc1ccc(C(C#Cc2ccccc2)OC)cc1. The van der Waals surface area contributed by atoms with Gasteiger partial charge in [-0.1, -0.05) is 42.2 Å². The van der Waals surface area contributed by atoms with Crippen molar-refractivity contribution in [1.82, 2.24) is 0 Å². The van der Waals surface area contributed by atoms with E-state index in [4.69, 9.17) is 9.47 Å². The Bertz CT molecular complexity index is 562. The van der Waals surface area contributed by atoms with Crippen LogP contribution in [0.15, 0.2) is 54.6 Å². The van der Waals surface area contributed by atoms with E-state index in [9.17, 15) is 0 Å². The van der Waals surface area contributed by atoms with Crippen LogP contribution in [0.25, 0.3) is 0 Å². The number of ether oxygens (including phenoxy) is 2. The van der Waals surface area contributed by atoms with Crippen LogP contribution in [0.3, 0.4) is 0 Å². The van der Waals surface area contributed by atoms with E-state index >= 15 is 0 Å². The summed E-state index contributed by atoms with van der Waals surface area (Å²) in [7, 11) is 3.31. The third-order valence-electron chi connectivity index (χ3n) is 2.78. The fourth-order valence-corrected chi connectivity index (χ4v) is 1.73. The van der Waals surface area contributed by atoms with E-state index in [1.54, 1.807) is 14.2 Å². The molecule has 0 saturated carbocycles. The van der Waals surface area contributed by atoms with Crippen molar-refractivity contribution in [3.05, 3.63) is 65.7 Å². The molecule has 0 fully saturated rings. The molecule has 2 aromatic carbocycles. The minimum atomic E-state index is -0.230. The van der Waals surface area contributed by atoms with Crippen LogP contribution in [0.1, 0.15) is 17.2 Å². The van der Waals surface area contributed by atoms with E-state index < -0.39 is 0 Å². The van der Waals surface area contributed by atoms with Crippen molar-refractivity contribution < 1.29 is 9.47 Å². The van der Waals surface area contributed by atoms with Gasteiger partial charge in [-0.05, 0) is 29.8 Å². The minimum absolute atomic E-state index is 0.230. The lowest BCUT2D eigenvalue weighted by atomic mass is 10.1. The van der Waals surface area contributed by atoms with E-state index in [0.717, 1.165) is 16.9 Å². The highest BCUT2D eigenvalue weighted by atomic mass is 16.5. The normalized spacial score (nSPS) is 11.3. The molecule has 1 atom stereocenters. The summed E-state index contributed by atoms with van der Waals surface area (Å²) >= 11 is 0. The lowest BCUT2D eigenvalue weighted by Crippen LogP contribution is -1.98. The molecule has 2 aromatic rings. The van der Waals surface area contributed by atoms with Crippen molar-refractivity contribution in [2.45, 2.75) is 6.10 Å². The molecule has 0 heterocycles. The largest absolute Gasteiger partial charge is 0.497 e. The van der Waals surface area contributed by atoms with Gasteiger partial charge in [0.15, 0.2) is 0 Å². The van der Waals surface area contributed by atoms with Crippen molar-refractivity contribution in [2.24, 2.45) is 0 Å². The second-order valence-electron chi connectivity index (χ2n) is 4.02. The standard InChI is InChI=1S/C17H16O2/c1-18-16-11-9-15(10-12-16)17(19-2)13-8-14-6-4-3-5-7-14/h3-7,9-12,17H,1-2H3. The van der Waals surface area contributed by atoms with Crippen LogP contribution in [0.4, 0.5) is 0 Å². The summed E-state index contributed by atoms with van der Waals surface area (Å²) in [5, 5.41) is 0. The monoisotopic (exact) mass is 252 g/mol. The van der Waals surface area contributed by atoms with Gasteiger partial charge in [-0.25, -0.2) is 0 Å². The van der Waals surface area contributed by atoms with E-state index in [1.807, 2.05) is 54.6 Å². The predicted molar refractivity (Wildman–Crippen MR) is 76.1 cm³/mol. The van der Waals surface area contributed by atoms with Crippen LogP contribution in [0, 0.1) is 11.8 Å². The number of rotatable bonds is 3. The summed E-state index contributed by atoms with van der Waals surface area (Å²) in [4.78, 5) is 0. The van der Waals surface area contributed by atoms with Crippen LogP contribution in [-0.4, -0.2) is 14.2 Å². The average molecular weight is 252 g/mol. The zero-order chi connectivity index (χ0) is 13.5. The molecule has 2 rings (SSSR count). The molecule has 0 radical (unpaired) electrons. The van der Waals surface area contributed by atoms with Gasteiger partial charge >= 0.3 is 0 Å². The lowest BCUT2D eigenvalue weighted by molar-refractivity contribution is 0.150. The summed E-state index contributed by atoms with van der Waals surface area (Å²) in [6.07, 6.45) is -0.230. The van der Waals surface area contributed by atoms with Crippen molar-refractivity contribution in [2.75, 3.05) is 14.2 Å². The molecule has 0 aliphatic carbocycles. The topological polar surface area (TPSA) is 18.5 Å². The molecule has 0 aliphatic rings. The maximum Gasteiger partial charge on any atom is 0.143 e. The Morgan fingerprint density at radius 1 is 0.895 bits per heavy atom. The molecule has 0 aliphatic heterocycles. The van der Waals surface area contributed by atoms with Gasteiger partial charge in [0.25, 0.3) is 0 Å². The van der Waals surface area contributed by atoms with Gasteiger partial charge in [0, 0.05) is 12.7 Å². The van der Waals surface area contributed by atoms with Gasteiger partial charge in [-0.3, -0.25) is 0 Å². The molecule has 0 saturated heterocycles. The molecule has 1 unspecified atom stereocenters. The van der Waals surface area contributed by atoms with Gasteiger partial charge in [-0.2, -0.15) is 0 Å². The molecule has 2 heteroatoms. The zero-order valence-corrected chi connectivity index (χ0v) is 11.1. The molecule has 96 valence electrons. The van der Waals surface area contributed by atoms with Crippen molar-refractivity contribution >= 4 is 0 Å². The summed E-state index contributed by atoms with van der Waals surface area (Å²) in [5.41, 5.74) is 2.00. The summed E-state index contributed by atoms with van der Waals surface area (Å²) in [6.45, 7) is 0. The van der Waals surface area contributed by atoms with Gasteiger partial charge in [-0.15, -0.1) is 0 Å². The predicted octanol–water partition coefficient (Wildman–Crippen LogP) is 3.43. The Morgan fingerprint density at radius 2 is 1.58 bits per heavy atom. The highest BCUT2D eigenvalue weighted by Crippen LogP contribution is 2.19. The first-order valence-corrected chi connectivity index (χ1v) is 6.07. The maximum absolute atomic E-state index is 5.42. The molecule has 0 N–H and O–H groups in total. The van der Waals surface area contributed by atoms with E-state index in [0.29, 0.717) is 0 Å². The minimum Gasteiger partial charge on any atom is -0.497 e. The zero-order valence-electron chi connectivity index (χ0n) is 11.1. The molecule has 19 heavy (non-hydrogen) atoms. The second-order valence-corrected chi connectivity index (χ2v) is 4.02. The van der Waals surface area contributed by atoms with E-state index in [-0.39, 0.29) is 6.10 Å². The quantitative estimate of drug-likeness (QED) is 0.779. The Kier molecular flexibility index (Phi) is 4.60. The third-order valence-corrected chi connectivity index (χ3v) is 2.78. The fraction of sp³-hybridized carbons (Fsp3) is 0.176. The lowest BCUT2D eigenvalue weighted by Gasteiger charge is -2.09. The number of methoxy groups -OCH3 is 2. The van der Waals surface area contributed by atoms with Crippen molar-refractivity contribution in [1.29, 1.82) is 0 Å². The average Bonchev–Trinajstić information content (AvgIpc) is 2.49. The molecule has 2 nitrogen and oxygen atoms in total. The molecule has 0 bridgehead atoms. The molecular weight excluding hydrogens is 236 g/mol. The summed E-state index contributed by atoms with van der Waals surface area (Å²) in [6, 6.07) is 17.6. The number of hydrogen-bond donors (Lipinski definition) is 0. The maximum atomic E-state index is 5.42. The number of benzene rings is 2. The Balaban J connectivity index is 2.18. The first-order valence-electron chi connectivity index (χ1n) is 6.07. The fourth-order valence-electron chi connectivity index (χ4n) is 1.73. The first-order chi connectivity index (χ1) is 9.33. The van der Waals surface area contributed by atoms with Gasteiger partial charge in [0.1, 0.15) is 11.9 Å². The van der Waals surface area contributed by atoms with Gasteiger partial charge in [0.2, 0.25) is 0 Å². The molecule has 0 spiro atoms. The second kappa shape index (κ2) is 6.63. The Labute approximate surface area is 114 Å². The van der Waals surface area contributed by atoms with Crippen LogP contribution in [0.5, 0.6) is 5.75 Å². The van der Waals surface area contributed by atoms with E-state index in [1.165, 1.54) is 0 Å². The van der Waals surface area contributed by atoms with Crippen LogP contribution in [0.2, 0.25) is 0 Å². The van der Waals surface area contributed by atoms with Gasteiger partial charge in [0.05, 0.1) is 7.11 Å². The third kappa shape index (κ3) is 3.61. The van der Waals surface area contributed by atoms with E-state index in [2.05, 4.69) is 11.8 Å². The summed E-state index contributed by atoms with van der Waals surface area (Å²) < 4.78 is 10.6. The highest BCUT2D eigenvalue weighted by Gasteiger charge is 2.06. The molecular formula is C17H16O2. The van der Waals surface area contributed by atoms with Crippen molar-refractivity contribution in [3.8, 4) is 17.6 Å². The van der Waals surface area contributed by atoms with Crippen LogP contribution in [-0.2, 0) is 4.74 Å². The highest BCUT2D eigenvalue weighted by molar-refractivity contribution is 5.38.